The van der Waals surface area contributed by atoms with Crippen LogP contribution in [0.4, 0.5) is 11.4 Å². The minimum Gasteiger partial charge on any atom is -0.733 e. The van der Waals surface area contributed by atoms with Crippen LogP contribution in [0.25, 0.3) is 0 Å². The van der Waals surface area contributed by atoms with Crippen LogP contribution in [0.3, 0.4) is 0 Å². The number of anilines is 2. The molecule has 4 aliphatic rings. The topological polar surface area (TPSA) is 83.9 Å². The minimum absolute atomic E-state index is 0.0277. The van der Waals surface area contributed by atoms with Crippen molar-refractivity contribution in [2.45, 2.75) is 25.2 Å². The number of amides is 2. The molecule has 0 radical (unpaired) electrons. The van der Waals surface area contributed by atoms with Crippen LogP contribution >= 0.6 is 0 Å². The fourth-order valence-corrected chi connectivity index (χ4v) is 6.00. The van der Waals surface area contributed by atoms with Crippen LogP contribution in [0.2, 0.25) is 0 Å². The normalized spacial score (nSPS) is 24.9. The highest BCUT2D eigenvalue weighted by Gasteiger charge is 2.61. The van der Waals surface area contributed by atoms with Crippen molar-refractivity contribution in [3.63, 3.8) is 0 Å². The summed E-state index contributed by atoms with van der Waals surface area (Å²) in [5, 5.41) is 20.4. The highest BCUT2D eigenvalue weighted by molar-refractivity contribution is 6.23. The first-order chi connectivity index (χ1) is 15.5. The first-order valence-electron chi connectivity index (χ1n) is 10.9. The van der Waals surface area contributed by atoms with Crippen LogP contribution in [-0.4, -0.2) is 17.0 Å². The second kappa shape index (κ2) is 6.76. The third-order valence-corrected chi connectivity index (χ3v) is 7.32. The molecule has 4 atom stereocenters. The van der Waals surface area contributed by atoms with Gasteiger partial charge in [0, 0.05) is 11.8 Å². The lowest BCUT2D eigenvalue weighted by Crippen LogP contribution is -2.41. The molecule has 2 bridgehead atoms. The highest BCUT2D eigenvalue weighted by atomic mass is 16.8. The summed E-state index contributed by atoms with van der Waals surface area (Å²) < 4.78 is 0. The molecule has 6 heteroatoms. The van der Waals surface area contributed by atoms with Crippen LogP contribution in [0.1, 0.15) is 46.6 Å². The minimum atomic E-state index is -0.483. The summed E-state index contributed by atoms with van der Waals surface area (Å²) in [7, 11) is 0. The molecule has 160 valence electrons. The number of carbonyl (C=O) groups is 2. The van der Waals surface area contributed by atoms with E-state index in [4.69, 9.17) is 0 Å². The van der Waals surface area contributed by atoms with Crippen molar-refractivity contribution in [1.29, 1.82) is 0 Å². The molecule has 1 fully saturated rings. The predicted octanol–water partition coefficient (Wildman–Crippen LogP) is 4.34. The fraction of sp³-hybridized carbons (Fsp3) is 0.231. The van der Waals surface area contributed by atoms with Gasteiger partial charge in [-0.2, -0.15) is 0 Å². The van der Waals surface area contributed by atoms with E-state index in [2.05, 4.69) is 37.3 Å². The Labute approximate surface area is 185 Å². The Morgan fingerprint density at radius 1 is 0.844 bits per heavy atom. The molecule has 0 saturated carbocycles. The zero-order valence-electron chi connectivity index (χ0n) is 17.4. The number of aryl methyl sites for hydroxylation is 1. The number of hydrogen-bond acceptors (Lipinski definition) is 5. The lowest BCUT2D eigenvalue weighted by Gasteiger charge is -2.46. The van der Waals surface area contributed by atoms with Gasteiger partial charge in [0.05, 0.1) is 23.2 Å². The summed E-state index contributed by atoms with van der Waals surface area (Å²) in [6, 6.07) is 20.5. The number of imide groups is 1. The standard InChI is InChI=1S/C26H21N2O4/c1-2-14-10-11-19-20(12-14)22-18-9-4-3-8-17(18)21(19)23-24(22)26(30)27(25(23)29)15-6-5-7-16(13-15)28(31)32/h3-13,21-24,31H,2H2,1H3/q-1. The largest absolute Gasteiger partial charge is 0.733 e. The van der Waals surface area contributed by atoms with Crippen molar-refractivity contribution >= 4 is 23.2 Å². The van der Waals surface area contributed by atoms with E-state index in [1.807, 2.05) is 12.1 Å². The van der Waals surface area contributed by atoms with Gasteiger partial charge < -0.3 is 10.4 Å². The average Bonchev–Trinajstić information content (AvgIpc) is 3.09. The van der Waals surface area contributed by atoms with Crippen molar-refractivity contribution in [2.75, 3.05) is 10.1 Å². The summed E-state index contributed by atoms with van der Waals surface area (Å²) >= 11 is 0. The first kappa shape index (κ1) is 19.2. The number of carbonyl (C=O) groups excluding carboxylic acids is 2. The van der Waals surface area contributed by atoms with E-state index in [9.17, 15) is 20.0 Å². The molecule has 0 spiro atoms. The van der Waals surface area contributed by atoms with Gasteiger partial charge in [-0.1, -0.05) is 55.5 Å². The highest BCUT2D eigenvalue weighted by Crippen LogP contribution is 2.61. The molecule has 2 amide bonds. The van der Waals surface area contributed by atoms with E-state index in [0.717, 1.165) is 28.7 Å². The Bertz CT molecular complexity index is 1280. The van der Waals surface area contributed by atoms with Gasteiger partial charge in [0.25, 0.3) is 0 Å². The van der Waals surface area contributed by atoms with Crippen molar-refractivity contribution in [1.82, 2.24) is 0 Å². The van der Waals surface area contributed by atoms with Crippen LogP contribution in [-0.2, 0) is 16.0 Å². The summed E-state index contributed by atoms with van der Waals surface area (Å²) in [6.07, 6.45) is 0.902. The van der Waals surface area contributed by atoms with Crippen molar-refractivity contribution in [3.05, 3.63) is 99.8 Å². The molecule has 3 aliphatic carbocycles. The van der Waals surface area contributed by atoms with E-state index in [1.54, 1.807) is 12.1 Å². The molecule has 1 heterocycles. The third kappa shape index (κ3) is 2.42. The van der Waals surface area contributed by atoms with Gasteiger partial charge >= 0.3 is 0 Å². The Hall–Kier alpha value is -3.48. The van der Waals surface area contributed by atoms with E-state index in [0.29, 0.717) is 5.69 Å². The molecular formula is C26H21N2O4-. The Kier molecular flexibility index (Phi) is 4.06. The van der Waals surface area contributed by atoms with Gasteiger partial charge in [-0.15, -0.1) is 0 Å². The van der Waals surface area contributed by atoms with Crippen molar-refractivity contribution in [3.8, 4) is 0 Å². The smallest absolute Gasteiger partial charge is 0.238 e. The molecule has 32 heavy (non-hydrogen) atoms. The van der Waals surface area contributed by atoms with E-state index in [1.165, 1.54) is 22.6 Å². The van der Waals surface area contributed by atoms with Crippen LogP contribution in [0, 0.1) is 17.0 Å². The zero-order valence-corrected chi connectivity index (χ0v) is 17.4. The monoisotopic (exact) mass is 425 g/mol. The molecule has 7 rings (SSSR count). The van der Waals surface area contributed by atoms with Gasteiger partial charge in [-0.05, 0) is 52.4 Å². The van der Waals surface area contributed by atoms with Crippen molar-refractivity contribution in [2.24, 2.45) is 11.8 Å². The third-order valence-electron chi connectivity index (χ3n) is 7.32. The average molecular weight is 425 g/mol. The number of hydrogen-bond donors (Lipinski definition) is 1. The summed E-state index contributed by atoms with van der Waals surface area (Å²) in [5.74, 6) is -1.82. The van der Waals surface area contributed by atoms with E-state index < -0.39 is 11.8 Å². The maximum atomic E-state index is 13.7. The second-order valence-electron chi connectivity index (χ2n) is 8.76. The van der Waals surface area contributed by atoms with E-state index >= 15 is 0 Å². The number of nitrogens with zero attached hydrogens (tertiary/aromatic N) is 2. The molecule has 0 aromatic heterocycles. The zero-order chi connectivity index (χ0) is 22.1. The molecule has 1 saturated heterocycles. The molecule has 4 unspecified atom stereocenters. The Morgan fingerprint density at radius 2 is 1.47 bits per heavy atom. The molecule has 3 aromatic rings. The SMILES string of the molecule is CCc1ccc2c(c1)C1c3ccccc3C2C2C(=O)N(c3cccc(N([O-])O)c3)C(=O)C12. The molecule has 6 nitrogen and oxygen atoms in total. The molecule has 1 aliphatic heterocycles. The lowest BCUT2D eigenvalue weighted by atomic mass is 9.55. The lowest BCUT2D eigenvalue weighted by molar-refractivity contribution is -0.122. The van der Waals surface area contributed by atoms with Gasteiger partial charge in [-0.3, -0.25) is 14.8 Å². The van der Waals surface area contributed by atoms with Gasteiger partial charge in [-0.25, -0.2) is 4.90 Å². The summed E-state index contributed by atoms with van der Waals surface area (Å²) in [4.78, 5) is 28.7. The van der Waals surface area contributed by atoms with E-state index in [-0.39, 0.29) is 34.6 Å². The molecule has 1 N–H and O–H groups in total. The van der Waals surface area contributed by atoms with Gasteiger partial charge in [0.1, 0.15) is 0 Å². The van der Waals surface area contributed by atoms with Gasteiger partial charge in [0.2, 0.25) is 11.8 Å². The number of rotatable bonds is 3. The fourth-order valence-electron chi connectivity index (χ4n) is 6.00. The summed E-state index contributed by atoms with van der Waals surface area (Å²) in [5.41, 5.74) is 6.01. The maximum absolute atomic E-state index is 13.7. The number of benzene rings is 3. The second-order valence-corrected chi connectivity index (χ2v) is 8.76. The maximum Gasteiger partial charge on any atom is 0.238 e. The molecule has 3 aromatic carbocycles. The first-order valence-corrected chi connectivity index (χ1v) is 10.9. The predicted molar refractivity (Wildman–Crippen MR) is 119 cm³/mol. The van der Waals surface area contributed by atoms with Crippen molar-refractivity contribution < 1.29 is 14.8 Å². The van der Waals surface area contributed by atoms with Crippen LogP contribution < -0.4 is 10.1 Å². The Balaban J connectivity index is 1.53. The Morgan fingerprint density at radius 3 is 2.09 bits per heavy atom. The van der Waals surface area contributed by atoms with Gasteiger partial charge in [0.15, 0.2) is 0 Å². The quantitative estimate of drug-likeness (QED) is 0.499. The van der Waals surface area contributed by atoms with Crippen LogP contribution in [0.5, 0.6) is 0 Å². The summed E-state index contributed by atoms with van der Waals surface area (Å²) in [6.45, 7) is 2.11. The van der Waals surface area contributed by atoms with Crippen LogP contribution in [0.15, 0.2) is 66.7 Å². The molecular weight excluding hydrogens is 404 g/mol.